The Hall–Kier alpha value is -3.41. The number of carbonyl (C=O) groups excluding carboxylic acids is 1. The second-order valence-corrected chi connectivity index (χ2v) is 8.05. The molecule has 2 heterocycles. The van der Waals surface area contributed by atoms with E-state index in [0.717, 1.165) is 0 Å². The molecule has 0 aliphatic heterocycles. The number of fused-ring (bicyclic) bond motifs is 1. The number of carbonyl (C=O) groups is 1. The molecule has 11 heteroatoms. The number of anilines is 1. The van der Waals surface area contributed by atoms with Crippen LogP contribution in [0.25, 0.3) is 22.4 Å². The Kier molecular flexibility index (Phi) is 6.92. The monoisotopic (exact) mass is 474 g/mol. The largest absolute Gasteiger partial charge is 0.491 e. The summed E-state index contributed by atoms with van der Waals surface area (Å²) in [6.45, 7) is -0.724. The van der Waals surface area contributed by atoms with Gasteiger partial charge in [-0.25, -0.2) is 18.7 Å². The summed E-state index contributed by atoms with van der Waals surface area (Å²) in [5.74, 6) is 0.106. The number of rotatable bonds is 9. The van der Waals surface area contributed by atoms with Crippen LogP contribution in [-0.2, 0) is 11.2 Å². The summed E-state index contributed by atoms with van der Waals surface area (Å²) in [7, 11) is 0. The Bertz CT molecular complexity index is 1250. The molecule has 8 nitrogen and oxygen atoms in total. The number of aliphatic hydroxyl groups is 2. The minimum atomic E-state index is -2.80. The molecule has 33 heavy (non-hydrogen) atoms. The summed E-state index contributed by atoms with van der Waals surface area (Å²) >= 11 is 1.31. The van der Waals surface area contributed by atoms with E-state index in [9.17, 15) is 18.7 Å². The Labute approximate surface area is 190 Å². The van der Waals surface area contributed by atoms with Gasteiger partial charge in [0.1, 0.15) is 24.3 Å². The molecule has 0 aliphatic carbocycles. The summed E-state index contributed by atoms with van der Waals surface area (Å²) < 4.78 is 32.9. The molecule has 0 fully saturated rings. The molecule has 0 aliphatic rings. The van der Waals surface area contributed by atoms with Gasteiger partial charge in [0.15, 0.2) is 5.13 Å². The number of aromatic amines is 1. The van der Waals surface area contributed by atoms with Crippen molar-refractivity contribution >= 4 is 33.4 Å². The molecule has 0 unspecified atom stereocenters. The van der Waals surface area contributed by atoms with Gasteiger partial charge < -0.3 is 25.3 Å². The van der Waals surface area contributed by atoms with Crippen molar-refractivity contribution in [3.63, 3.8) is 0 Å². The van der Waals surface area contributed by atoms with E-state index in [0.29, 0.717) is 21.7 Å². The minimum absolute atomic E-state index is 0.0445. The summed E-state index contributed by atoms with van der Waals surface area (Å²) in [4.78, 5) is 23.9. The Morgan fingerprint density at radius 1 is 1.27 bits per heavy atom. The topological polar surface area (TPSA) is 120 Å². The van der Waals surface area contributed by atoms with Gasteiger partial charge in [-0.05, 0) is 29.8 Å². The van der Waals surface area contributed by atoms with Crippen molar-refractivity contribution in [1.82, 2.24) is 15.0 Å². The first kappa shape index (κ1) is 22.8. The fraction of sp³-hybridized carbons (Fsp3) is 0.227. The first-order valence-corrected chi connectivity index (χ1v) is 10.8. The van der Waals surface area contributed by atoms with Crippen LogP contribution in [0.5, 0.6) is 5.75 Å². The third kappa shape index (κ3) is 5.33. The maximum atomic E-state index is 13.8. The molecule has 0 saturated carbocycles. The molecule has 4 N–H and O–H groups in total. The molecule has 0 spiro atoms. The van der Waals surface area contributed by atoms with E-state index in [2.05, 4.69) is 20.3 Å². The number of hydrogen-bond acceptors (Lipinski definition) is 7. The number of para-hydroxylation sites is 1. The Morgan fingerprint density at radius 3 is 2.85 bits per heavy atom. The number of ether oxygens (including phenoxy) is 1. The molecule has 4 aromatic rings. The normalized spacial score (nSPS) is 12.3. The molecule has 0 bridgehead atoms. The van der Waals surface area contributed by atoms with E-state index in [1.165, 1.54) is 29.5 Å². The number of nitrogens with zero attached hydrogens (tertiary/aromatic N) is 2. The number of alkyl halides is 2. The van der Waals surface area contributed by atoms with Gasteiger partial charge in [-0.1, -0.05) is 12.1 Å². The molecule has 0 radical (unpaired) electrons. The number of aromatic nitrogens is 3. The second-order valence-electron chi connectivity index (χ2n) is 7.16. The van der Waals surface area contributed by atoms with Gasteiger partial charge in [0, 0.05) is 22.7 Å². The van der Waals surface area contributed by atoms with Gasteiger partial charge in [-0.2, -0.15) is 0 Å². The lowest BCUT2D eigenvalue weighted by Gasteiger charge is -2.13. The van der Waals surface area contributed by atoms with Gasteiger partial charge in [-0.15, -0.1) is 11.3 Å². The molecule has 4 rings (SSSR count). The van der Waals surface area contributed by atoms with Crippen LogP contribution < -0.4 is 10.1 Å². The first-order valence-electron chi connectivity index (χ1n) is 9.95. The van der Waals surface area contributed by atoms with Crippen molar-refractivity contribution in [2.75, 3.05) is 18.5 Å². The zero-order chi connectivity index (χ0) is 23.4. The van der Waals surface area contributed by atoms with Gasteiger partial charge in [0.25, 0.3) is 6.43 Å². The van der Waals surface area contributed by atoms with Crippen LogP contribution in [0.4, 0.5) is 13.9 Å². The van der Waals surface area contributed by atoms with Crippen LogP contribution in [-0.4, -0.2) is 50.4 Å². The molecule has 2 aromatic carbocycles. The van der Waals surface area contributed by atoms with Crippen LogP contribution in [0.3, 0.4) is 0 Å². The van der Waals surface area contributed by atoms with Crippen molar-refractivity contribution in [2.24, 2.45) is 0 Å². The molecule has 0 saturated heterocycles. The van der Waals surface area contributed by atoms with Crippen LogP contribution in [0.1, 0.15) is 17.6 Å². The standard InChI is InChI=1S/C22H20F2N4O4S/c23-20(24)16-9-14(32-11-13(30)10-29)4-5-15(16)21-26-17-3-1-2-12(19(17)28-21)8-18(31)27-22-25-6-7-33-22/h1-7,9,13,20,29-30H,8,10-11H2,(H,26,28)(H,25,27,31)/t13-/m1/s1. The summed E-state index contributed by atoms with van der Waals surface area (Å²) in [5.41, 5.74) is 1.65. The van der Waals surface area contributed by atoms with E-state index in [1.807, 2.05) is 0 Å². The van der Waals surface area contributed by atoms with Gasteiger partial charge >= 0.3 is 0 Å². The number of imidazole rings is 1. The maximum absolute atomic E-state index is 13.8. The first-order chi connectivity index (χ1) is 15.9. The van der Waals surface area contributed by atoms with Crippen molar-refractivity contribution in [3.8, 4) is 17.1 Å². The third-order valence-corrected chi connectivity index (χ3v) is 5.48. The van der Waals surface area contributed by atoms with E-state index < -0.39 is 19.1 Å². The SMILES string of the molecule is O=C(Cc1cccc2[nH]c(-c3ccc(OC[C@H](O)CO)cc3C(F)F)nc12)Nc1nccs1. The number of halogens is 2. The number of benzene rings is 2. The van der Waals surface area contributed by atoms with Crippen molar-refractivity contribution in [2.45, 2.75) is 19.0 Å². The van der Waals surface area contributed by atoms with Gasteiger partial charge in [-0.3, -0.25) is 4.79 Å². The predicted molar refractivity (Wildman–Crippen MR) is 120 cm³/mol. The van der Waals surface area contributed by atoms with E-state index in [1.54, 1.807) is 29.8 Å². The number of H-pyrrole nitrogens is 1. The smallest absolute Gasteiger partial charge is 0.264 e. The fourth-order valence-electron chi connectivity index (χ4n) is 3.26. The molecular weight excluding hydrogens is 454 g/mol. The number of amides is 1. The number of nitrogens with one attached hydrogen (secondary N) is 2. The molecule has 2 aromatic heterocycles. The van der Waals surface area contributed by atoms with Crippen LogP contribution in [0, 0.1) is 0 Å². The average molecular weight is 474 g/mol. The van der Waals surface area contributed by atoms with Crippen LogP contribution in [0.15, 0.2) is 48.0 Å². The third-order valence-electron chi connectivity index (χ3n) is 4.79. The van der Waals surface area contributed by atoms with E-state index in [-0.39, 0.29) is 41.6 Å². The summed E-state index contributed by atoms with van der Waals surface area (Å²) in [5, 5.41) is 23.2. The number of aliphatic hydroxyl groups excluding tert-OH is 2. The molecule has 1 atom stereocenters. The highest BCUT2D eigenvalue weighted by Gasteiger charge is 2.20. The highest BCUT2D eigenvalue weighted by molar-refractivity contribution is 7.13. The Morgan fingerprint density at radius 2 is 2.12 bits per heavy atom. The van der Waals surface area contributed by atoms with Crippen LogP contribution in [0.2, 0.25) is 0 Å². The summed E-state index contributed by atoms with van der Waals surface area (Å²) in [6.07, 6.45) is -2.28. The Balaban J connectivity index is 1.62. The quantitative estimate of drug-likeness (QED) is 0.295. The number of hydrogen-bond donors (Lipinski definition) is 4. The lowest BCUT2D eigenvalue weighted by molar-refractivity contribution is -0.115. The second kappa shape index (κ2) is 10.0. The zero-order valence-electron chi connectivity index (χ0n) is 17.2. The summed E-state index contributed by atoms with van der Waals surface area (Å²) in [6, 6.07) is 9.39. The lowest BCUT2D eigenvalue weighted by atomic mass is 10.1. The zero-order valence-corrected chi connectivity index (χ0v) is 18.0. The van der Waals surface area contributed by atoms with Crippen molar-refractivity contribution in [1.29, 1.82) is 0 Å². The molecule has 172 valence electrons. The maximum Gasteiger partial charge on any atom is 0.264 e. The average Bonchev–Trinajstić information content (AvgIpc) is 3.47. The minimum Gasteiger partial charge on any atom is -0.491 e. The van der Waals surface area contributed by atoms with Gasteiger partial charge in [0.05, 0.1) is 24.1 Å². The molecular formula is C22H20F2N4O4S. The predicted octanol–water partition coefficient (Wildman–Crippen LogP) is 3.54. The van der Waals surface area contributed by atoms with Crippen molar-refractivity contribution < 1.29 is 28.5 Å². The van der Waals surface area contributed by atoms with Crippen LogP contribution >= 0.6 is 11.3 Å². The fourth-order valence-corrected chi connectivity index (χ4v) is 3.80. The highest BCUT2D eigenvalue weighted by Crippen LogP contribution is 2.34. The number of thiazole rings is 1. The lowest BCUT2D eigenvalue weighted by Crippen LogP contribution is -2.21. The van der Waals surface area contributed by atoms with E-state index in [4.69, 9.17) is 9.84 Å². The molecule has 1 amide bonds. The highest BCUT2D eigenvalue weighted by atomic mass is 32.1. The van der Waals surface area contributed by atoms with E-state index >= 15 is 0 Å². The van der Waals surface area contributed by atoms with Crippen molar-refractivity contribution in [3.05, 3.63) is 59.1 Å². The van der Waals surface area contributed by atoms with Gasteiger partial charge in [0.2, 0.25) is 5.91 Å².